The van der Waals surface area contributed by atoms with Gasteiger partial charge in [0, 0.05) is 5.88 Å². The lowest BCUT2D eigenvalue weighted by Gasteiger charge is -1.88. The van der Waals surface area contributed by atoms with Crippen LogP contribution < -0.4 is 11.9 Å². The first-order valence-corrected chi connectivity index (χ1v) is 3.64. The van der Waals surface area contributed by atoms with Gasteiger partial charge in [-0.15, -0.1) is 36.4 Å². The van der Waals surface area contributed by atoms with Gasteiger partial charge in [0.1, 0.15) is 0 Å². The summed E-state index contributed by atoms with van der Waals surface area (Å²) in [5, 5.41) is 0. The molecule has 5 N–H and O–H groups in total. The maximum atomic E-state index is 5.53. The average Bonchev–Trinajstić information content (AvgIpc) is 2.10. The van der Waals surface area contributed by atoms with E-state index in [0.717, 1.165) is 0 Å². The highest BCUT2D eigenvalue weighted by molar-refractivity contribution is 6.17. The third-order valence-electron chi connectivity index (χ3n) is 0.997. The Kier molecular flexibility index (Phi) is 31.9. The third-order valence-corrected chi connectivity index (χ3v) is 1.31. The summed E-state index contributed by atoms with van der Waals surface area (Å²) < 4.78 is 0. The minimum Gasteiger partial charge on any atom is -0.344 e. The highest BCUT2D eigenvalue weighted by Gasteiger charge is 1.81. The first kappa shape index (κ1) is 23.1. The molecule has 0 spiro atoms. The van der Waals surface area contributed by atoms with E-state index in [1.807, 2.05) is 30.3 Å². The molecule has 0 aliphatic carbocycles. The minimum absolute atomic E-state index is 0. The van der Waals surface area contributed by atoms with Crippen molar-refractivity contribution in [3.8, 4) is 0 Å². The second kappa shape index (κ2) is 17.9. The quantitative estimate of drug-likeness (QED) is 0.750. The molecular weight excluding hydrogens is 230 g/mol. The van der Waals surface area contributed by atoms with Crippen molar-refractivity contribution in [2.24, 2.45) is 5.73 Å². The zero-order chi connectivity index (χ0) is 7.82. The van der Waals surface area contributed by atoms with Crippen LogP contribution in [0.1, 0.15) is 5.56 Å². The van der Waals surface area contributed by atoms with Crippen molar-refractivity contribution in [3.63, 3.8) is 0 Å². The van der Waals surface area contributed by atoms with Crippen molar-refractivity contribution in [1.82, 2.24) is 6.15 Å². The summed E-state index contributed by atoms with van der Waals surface area (Å²) in [7, 11) is 1.50. The van der Waals surface area contributed by atoms with Crippen LogP contribution in [-0.4, -0.2) is 7.05 Å². The zero-order valence-electron chi connectivity index (χ0n) is 7.57. The van der Waals surface area contributed by atoms with E-state index in [-0.39, 0.29) is 31.0 Å². The summed E-state index contributed by atoms with van der Waals surface area (Å²) in [5.74, 6) is 0.612. The summed E-state index contributed by atoms with van der Waals surface area (Å²) in [5.41, 5.74) is 5.68. The van der Waals surface area contributed by atoms with Gasteiger partial charge in [0.2, 0.25) is 0 Å². The Morgan fingerprint density at radius 1 is 1.08 bits per heavy atom. The van der Waals surface area contributed by atoms with Crippen LogP contribution in [0.5, 0.6) is 0 Å². The van der Waals surface area contributed by atoms with E-state index in [2.05, 4.69) is 5.73 Å². The molecule has 2 nitrogen and oxygen atoms in total. The lowest BCUT2D eigenvalue weighted by molar-refractivity contribution is 1.41. The van der Waals surface area contributed by atoms with Gasteiger partial charge in [-0.3, -0.25) is 0 Å². The Morgan fingerprint density at radius 2 is 1.46 bits per heavy atom. The van der Waals surface area contributed by atoms with Gasteiger partial charge in [-0.25, -0.2) is 0 Å². The molecule has 5 heteroatoms. The third kappa shape index (κ3) is 12.0. The first-order valence-electron chi connectivity index (χ1n) is 3.11. The van der Waals surface area contributed by atoms with Crippen LogP contribution in [0.3, 0.4) is 0 Å². The van der Waals surface area contributed by atoms with Gasteiger partial charge in [0.15, 0.2) is 0 Å². The highest BCUT2D eigenvalue weighted by atomic mass is 35.5. The Bertz CT molecular complexity index is 159. The van der Waals surface area contributed by atoms with Crippen molar-refractivity contribution in [2.75, 3.05) is 7.05 Å². The number of hydrogen-bond donors (Lipinski definition) is 2. The van der Waals surface area contributed by atoms with Crippen molar-refractivity contribution < 1.29 is 0 Å². The maximum absolute atomic E-state index is 5.53. The smallest absolute Gasteiger partial charge is 0.0474 e. The summed E-state index contributed by atoms with van der Waals surface area (Å²) in [6.07, 6.45) is 0. The molecule has 13 heavy (non-hydrogen) atoms. The second-order valence-electron chi connectivity index (χ2n) is 1.62. The van der Waals surface area contributed by atoms with Gasteiger partial charge in [0.05, 0.1) is 0 Å². The van der Waals surface area contributed by atoms with Crippen molar-refractivity contribution in [3.05, 3.63) is 35.9 Å². The van der Waals surface area contributed by atoms with Crippen LogP contribution in [0.4, 0.5) is 0 Å². The Labute approximate surface area is 97.3 Å². The molecule has 80 valence electrons. The molecule has 0 atom stereocenters. The first-order chi connectivity index (χ1) is 4.93. The Morgan fingerprint density at radius 3 is 1.69 bits per heavy atom. The fraction of sp³-hybridized carbons (Fsp3) is 0.250. The summed E-state index contributed by atoms with van der Waals surface area (Å²) in [6, 6.07) is 9.96. The molecule has 1 rings (SSSR count). The molecule has 0 saturated carbocycles. The lowest BCUT2D eigenvalue weighted by Crippen LogP contribution is -1.71. The van der Waals surface area contributed by atoms with E-state index >= 15 is 0 Å². The van der Waals surface area contributed by atoms with Crippen LogP contribution >= 0.6 is 36.4 Å². The Balaban J connectivity index is -0.0000000761. The van der Waals surface area contributed by atoms with Crippen LogP contribution in [0, 0.1) is 0 Å². The molecule has 0 heterocycles. The molecule has 0 aliphatic rings. The molecule has 0 aromatic heterocycles. The molecule has 0 amide bonds. The molecule has 0 fully saturated rings. The normalized spacial score (nSPS) is 6.08. The minimum atomic E-state index is 0. The Hall–Kier alpha value is 0.01000. The standard InChI is InChI=1S/C7H7Cl.CH5N.2ClH.H3N/c8-6-7-4-2-1-3-5-7;1-2;;;/h1-5H,6H2;2H2,1H3;2*1H;1H3. The van der Waals surface area contributed by atoms with Crippen molar-refractivity contribution >= 4 is 36.4 Å². The molecular formula is C8H17Cl3N2. The largest absolute Gasteiger partial charge is 0.344 e. The van der Waals surface area contributed by atoms with Gasteiger partial charge in [0.25, 0.3) is 0 Å². The van der Waals surface area contributed by atoms with E-state index in [0.29, 0.717) is 5.88 Å². The second-order valence-corrected chi connectivity index (χ2v) is 1.89. The van der Waals surface area contributed by atoms with Crippen LogP contribution in [0.25, 0.3) is 0 Å². The van der Waals surface area contributed by atoms with E-state index in [4.69, 9.17) is 11.6 Å². The van der Waals surface area contributed by atoms with Gasteiger partial charge < -0.3 is 11.9 Å². The average molecular weight is 248 g/mol. The summed E-state index contributed by atoms with van der Waals surface area (Å²) in [4.78, 5) is 0. The summed E-state index contributed by atoms with van der Waals surface area (Å²) in [6.45, 7) is 0. The fourth-order valence-corrected chi connectivity index (χ4v) is 0.745. The van der Waals surface area contributed by atoms with Crippen molar-refractivity contribution in [2.45, 2.75) is 5.88 Å². The molecule has 0 bridgehead atoms. The molecule has 0 unspecified atom stereocenters. The van der Waals surface area contributed by atoms with Crippen LogP contribution in [-0.2, 0) is 5.88 Å². The zero-order valence-corrected chi connectivity index (χ0v) is 9.96. The van der Waals surface area contributed by atoms with Gasteiger partial charge >= 0.3 is 0 Å². The summed E-state index contributed by atoms with van der Waals surface area (Å²) >= 11 is 5.53. The molecule has 1 aromatic rings. The number of hydrogen-bond acceptors (Lipinski definition) is 2. The van der Waals surface area contributed by atoms with E-state index in [1.165, 1.54) is 12.6 Å². The number of halogens is 3. The van der Waals surface area contributed by atoms with Gasteiger partial charge in [-0.05, 0) is 12.6 Å². The lowest BCUT2D eigenvalue weighted by atomic mass is 10.2. The van der Waals surface area contributed by atoms with Crippen LogP contribution in [0.2, 0.25) is 0 Å². The molecule has 1 aromatic carbocycles. The highest BCUT2D eigenvalue weighted by Crippen LogP contribution is 2.00. The van der Waals surface area contributed by atoms with Crippen molar-refractivity contribution in [1.29, 1.82) is 0 Å². The maximum Gasteiger partial charge on any atom is 0.0474 e. The van der Waals surface area contributed by atoms with E-state index in [9.17, 15) is 0 Å². The van der Waals surface area contributed by atoms with Gasteiger partial charge in [-0.1, -0.05) is 30.3 Å². The number of rotatable bonds is 1. The number of nitrogens with two attached hydrogens (primary N) is 1. The van der Waals surface area contributed by atoms with E-state index < -0.39 is 0 Å². The molecule has 0 aliphatic heterocycles. The monoisotopic (exact) mass is 246 g/mol. The fourth-order valence-electron chi connectivity index (χ4n) is 0.567. The predicted molar refractivity (Wildman–Crippen MR) is 65.6 cm³/mol. The van der Waals surface area contributed by atoms with Gasteiger partial charge in [-0.2, -0.15) is 0 Å². The van der Waals surface area contributed by atoms with E-state index in [1.54, 1.807) is 0 Å². The SMILES string of the molecule is CN.Cl.Cl.ClCc1ccccc1.N. The van der Waals surface area contributed by atoms with Crippen LogP contribution in [0.15, 0.2) is 30.3 Å². The predicted octanol–water partition coefficient (Wildman–Crippen LogP) is 3.01. The topological polar surface area (TPSA) is 61.0 Å². The molecule has 0 saturated heterocycles. The molecule has 0 radical (unpaired) electrons. The number of benzene rings is 1. The number of alkyl halides is 1.